The molecule has 19 heavy (non-hydrogen) atoms. The van der Waals surface area contributed by atoms with Crippen LogP contribution in [-0.4, -0.2) is 36.2 Å². The number of carbonyl (C=O) groups excluding carboxylic acids is 2. The summed E-state index contributed by atoms with van der Waals surface area (Å²) in [6.07, 6.45) is 7.74. The Labute approximate surface area is 114 Å². The van der Waals surface area contributed by atoms with E-state index in [9.17, 15) is 9.59 Å². The number of ether oxygens (including phenoxy) is 1. The van der Waals surface area contributed by atoms with Crippen LogP contribution in [0.25, 0.3) is 0 Å². The Morgan fingerprint density at radius 2 is 1.74 bits per heavy atom. The Kier molecular flexibility index (Phi) is 5.79. The number of cyclic esters (lactones) is 1. The average molecular weight is 269 g/mol. The summed E-state index contributed by atoms with van der Waals surface area (Å²) in [6, 6.07) is 0. The third kappa shape index (κ3) is 5.70. The van der Waals surface area contributed by atoms with Crippen LogP contribution in [0.5, 0.6) is 0 Å². The fourth-order valence-corrected chi connectivity index (χ4v) is 2.39. The Morgan fingerprint density at radius 3 is 2.63 bits per heavy atom. The van der Waals surface area contributed by atoms with Crippen LogP contribution < -0.4 is 0 Å². The maximum atomic E-state index is 11.6. The molecule has 108 valence electrons. The molecule has 2 aliphatic rings. The van der Waals surface area contributed by atoms with Crippen molar-refractivity contribution < 1.29 is 19.2 Å². The SMILES string of the molecule is O=C1CCCCCCC2ON2CCOC(=O)CCC1. The Bertz CT molecular complexity index is 319. The smallest absolute Gasteiger partial charge is 0.305 e. The topological polar surface area (TPSA) is 58.9 Å². The summed E-state index contributed by atoms with van der Waals surface area (Å²) in [5.74, 6) is 0.0647. The van der Waals surface area contributed by atoms with Crippen LogP contribution in [0.3, 0.4) is 0 Å². The molecule has 5 heteroatoms. The molecule has 2 unspecified atom stereocenters. The molecule has 2 aliphatic heterocycles. The van der Waals surface area contributed by atoms with Gasteiger partial charge in [0.1, 0.15) is 12.4 Å². The van der Waals surface area contributed by atoms with Gasteiger partial charge in [-0.25, -0.2) is 0 Å². The van der Waals surface area contributed by atoms with Crippen LogP contribution in [0.15, 0.2) is 0 Å². The monoisotopic (exact) mass is 269 g/mol. The lowest BCUT2D eigenvalue weighted by Crippen LogP contribution is -2.15. The van der Waals surface area contributed by atoms with Gasteiger partial charge in [0.05, 0.1) is 6.54 Å². The van der Waals surface area contributed by atoms with Crippen molar-refractivity contribution in [3.63, 3.8) is 0 Å². The molecule has 0 amide bonds. The summed E-state index contributed by atoms with van der Waals surface area (Å²) in [7, 11) is 0. The summed E-state index contributed by atoms with van der Waals surface area (Å²) < 4.78 is 5.10. The standard InChI is InChI=1S/C14H23NO4/c16-12-6-3-1-2-4-8-13-15(19-13)10-11-18-14(17)9-5-7-12/h13H,1-11H2. The van der Waals surface area contributed by atoms with Gasteiger partial charge in [0.15, 0.2) is 6.23 Å². The lowest BCUT2D eigenvalue weighted by Gasteiger charge is -2.05. The highest BCUT2D eigenvalue weighted by Crippen LogP contribution is 2.25. The van der Waals surface area contributed by atoms with Crippen LogP contribution in [-0.2, 0) is 19.2 Å². The molecule has 0 aromatic rings. The molecular weight excluding hydrogens is 246 g/mol. The first-order valence-corrected chi connectivity index (χ1v) is 7.36. The van der Waals surface area contributed by atoms with Gasteiger partial charge in [0, 0.05) is 19.3 Å². The number of hydrogen-bond acceptors (Lipinski definition) is 5. The number of Topliss-reactive ketones (excluding diaryl/α,β-unsaturated/α-hetero) is 1. The normalized spacial score (nSPS) is 31.4. The molecule has 2 rings (SSSR count). The number of esters is 1. The van der Waals surface area contributed by atoms with Gasteiger partial charge >= 0.3 is 5.97 Å². The van der Waals surface area contributed by atoms with Gasteiger partial charge in [-0.05, 0) is 25.7 Å². The van der Waals surface area contributed by atoms with Crippen molar-refractivity contribution in [3.8, 4) is 0 Å². The second-order valence-corrected chi connectivity index (χ2v) is 5.27. The van der Waals surface area contributed by atoms with Crippen LogP contribution >= 0.6 is 0 Å². The summed E-state index contributed by atoms with van der Waals surface area (Å²) in [4.78, 5) is 28.4. The third-order valence-electron chi connectivity index (χ3n) is 3.60. The van der Waals surface area contributed by atoms with E-state index < -0.39 is 0 Å². The lowest BCUT2D eigenvalue weighted by atomic mass is 10.1. The molecule has 5 nitrogen and oxygen atoms in total. The van der Waals surface area contributed by atoms with Crippen LogP contribution in [0.2, 0.25) is 0 Å². The minimum atomic E-state index is -0.210. The second kappa shape index (κ2) is 7.60. The second-order valence-electron chi connectivity index (χ2n) is 5.27. The average Bonchev–Trinajstić information content (AvgIpc) is 3.11. The summed E-state index contributed by atoms with van der Waals surface area (Å²) in [5.41, 5.74) is 0. The molecule has 2 saturated heterocycles. The summed E-state index contributed by atoms with van der Waals surface area (Å²) in [6.45, 7) is 1.03. The molecule has 2 heterocycles. The Balaban J connectivity index is 1.71. The molecule has 0 aliphatic carbocycles. The van der Waals surface area contributed by atoms with Gasteiger partial charge in [0.2, 0.25) is 0 Å². The molecule has 2 fully saturated rings. The molecule has 0 aromatic heterocycles. The minimum absolute atomic E-state index is 0.210. The van der Waals surface area contributed by atoms with Crippen molar-refractivity contribution in [1.29, 1.82) is 0 Å². The van der Waals surface area contributed by atoms with E-state index in [0.29, 0.717) is 38.8 Å². The third-order valence-corrected chi connectivity index (χ3v) is 3.60. The fourth-order valence-electron chi connectivity index (χ4n) is 2.39. The number of carbonyl (C=O) groups is 2. The minimum Gasteiger partial charge on any atom is -0.464 e. The van der Waals surface area contributed by atoms with Crippen LogP contribution in [0, 0.1) is 0 Å². The summed E-state index contributed by atoms with van der Waals surface area (Å²) >= 11 is 0. The van der Waals surface area contributed by atoms with E-state index in [-0.39, 0.29) is 18.0 Å². The Hall–Kier alpha value is -0.940. The van der Waals surface area contributed by atoms with E-state index in [0.717, 1.165) is 32.1 Å². The maximum absolute atomic E-state index is 11.6. The van der Waals surface area contributed by atoms with Crippen LogP contribution in [0.4, 0.5) is 0 Å². The molecule has 0 spiro atoms. The van der Waals surface area contributed by atoms with Gasteiger partial charge in [-0.3, -0.25) is 14.4 Å². The first-order chi connectivity index (χ1) is 9.25. The highest BCUT2D eigenvalue weighted by atomic mass is 16.8. The van der Waals surface area contributed by atoms with E-state index in [1.54, 1.807) is 0 Å². The van der Waals surface area contributed by atoms with E-state index in [4.69, 9.17) is 9.57 Å². The highest BCUT2D eigenvalue weighted by molar-refractivity contribution is 5.79. The summed E-state index contributed by atoms with van der Waals surface area (Å²) in [5, 5.41) is 1.88. The lowest BCUT2D eigenvalue weighted by molar-refractivity contribution is -0.144. The number of hydrogen-bond donors (Lipinski definition) is 0. The predicted octanol–water partition coefficient (Wildman–Crippen LogP) is 2.20. The molecule has 0 N–H and O–H groups in total. The molecule has 0 aromatic carbocycles. The number of fused-ring (bicyclic) bond motifs is 1. The van der Waals surface area contributed by atoms with E-state index >= 15 is 0 Å². The molecule has 0 saturated carbocycles. The van der Waals surface area contributed by atoms with Gasteiger partial charge in [-0.15, -0.1) is 0 Å². The van der Waals surface area contributed by atoms with Gasteiger partial charge < -0.3 is 4.74 Å². The van der Waals surface area contributed by atoms with Crippen molar-refractivity contribution in [1.82, 2.24) is 5.06 Å². The number of ketones is 1. The van der Waals surface area contributed by atoms with E-state index in [1.807, 2.05) is 5.06 Å². The number of nitrogens with zero attached hydrogens (tertiary/aromatic N) is 1. The zero-order valence-corrected chi connectivity index (χ0v) is 11.4. The Morgan fingerprint density at radius 1 is 0.947 bits per heavy atom. The number of hydroxylamine groups is 2. The van der Waals surface area contributed by atoms with Crippen molar-refractivity contribution in [2.24, 2.45) is 0 Å². The molecule has 2 atom stereocenters. The molecule has 0 radical (unpaired) electrons. The van der Waals surface area contributed by atoms with E-state index in [1.165, 1.54) is 0 Å². The van der Waals surface area contributed by atoms with Gasteiger partial charge in [-0.2, -0.15) is 5.06 Å². The zero-order chi connectivity index (χ0) is 13.5. The van der Waals surface area contributed by atoms with E-state index in [2.05, 4.69) is 0 Å². The van der Waals surface area contributed by atoms with Crippen molar-refractivity contribution in [2.45, 2.75) is 64.0 Å². The van der Waals surface area contributed by atoms with Crippen molar-refractivity contribution in [2.75, 3.05) is 13.2 Å². The van der Waals surface area contributed by atoms with Gasteiger partial charge in [-0.1, -0.05) is 12.8 Å². The van der Waals surface area contributed by atoms with Crippen LogP contribution in [0.1, 0.15) is 57.8 Å². The first kappa shape index (κ1) is 14.5. The predicted molar refractivity (Wildman–Crippen MR) is 69.1 cm³/mol. The molecular formula is C14H23NO4. The zero-order valence-electron chi connectivity index (χ0n) is 11.4. The highest BCUT2D eigenvalue weighted by Gasteiger charge is 2.35. The van der Waals surface area contributed by atoms with Crippen molar-refractivity contribution in [3.05, 3.63) is 0 Å². The molecule has 0 bridgehead atoms. The quantitative estimate of drug-likeness (QED) is 0.498. The fraction of sp³-hybridized carbons (Fsp3) is 0.857. The maximum Gasteiger partial charge on any atom is 0.305 e. The first-order valence-electron chi connectivity index (χ1n) is 7.36. The van der Waals surface area contributed by atoms with Gasteiger partial charge in [0.25, 0.3) is 0 Å². The largest absolute Gasteiger partial charge is 0.464 e. The number of rotatable bonds is 0. The van der Waals surface area contributed by atoms with Crippen molar-refractivity contribution >= 4 is 11.8 Å².